The van der Waals surface area contributed by atoms with Gasteiger partial charge in [-0.25, -0.2) is 9.37 Å². The van der Waals surface area contributed by atoms with E-state index in [0.717, 1.165) is 0 Å². The van der Waals surface area contributed by atoms with Gasteiger partial charge in [0.15, 0.2) is 17.3 Å². The zero-order valence-corrected chi connectivity index (χ0v) is 10.1. The van der Waals surface area contributed by atoms with Crippen LogP contribution < -0.4 is 4.74 Å². The van der Waals surface area contributed by atoms with Crippen molar-refractivity contribution >= 4 is 5.78 Å². The van der Waals surface area contributed by atoms with Crippen molar-refractivity contribution in [3.63, 3.8) is 0 Å². The van der Waals surface area contributed by atoms with Gasteiger partial charge in [0.25, 0.3) is 0 Å². The number of halogens is 1. The molecule has 18 heavy (non-hydrogen) atoms. The maximum Gasteiger partial charge on any atom is 0.178 e. The summed E-state index contributed by atoms with van der Waals surface area (Å²) in [7, 11) is 0. The molecular weight excluding hydrogens is 233 g/mol. The molecule has 2 rings (SSSR count). The van der Waals surface area contributed by atoms with Crippen LogP contribution in [0.15, 0.2) is 36.5 Å². The van der Waals surface area contributed by atoms with E-state index in [-0.39, 0.29) is 11.5 Å². The van der Waals surface area contributed by atoms with Crippen molar-refractivity contribution in [3.8, 4) is 11.5 Å². The highest BCUT2D eigenvalue weighted by atomic mass is 19.1. The summed E-state index contributed by atoms with van der Waals surface area (Å²) < 4.78 is 19.1. The van der Waals surface area contributed by atoms with E-state index in [1.54, 1.807) is 37.3 Å². The van der Waals surface area contributed by atoms with Crippen LogP contribution in [0.1, 0.15) is 23.0 Å². The Labute approximate surface area is 104 Å². The summed E-state index contributed by atoms with van der Waals surface area (Å²) in [6.07, 6.45) is 1.40. The van der Waals surface area contributed by atoms with Gasteiger partial charge in [0.2, 0.25) is 0 Å². The summed E-state index contributed by atoms with van der Waals surface area (Å²) >= 11 is 0. The first-order chi connectivity index (χ1) is 8.58. The van der Waals surface area contributed by atoms with Gasteiger partial charge in [0.1, 0.15) is 11.4 Å². The highest BCUT2D eigenvalue weighted by molar-refractivity contribution is 5.92. The number of Topliss-reactive ketones (excluding diaryl/α,β-unsaturated/α-hetero) is 1. The molecule has 92 valence electrons. The van der Waals surface area contributed by atoms with Gasteiger partial charge in [-0.1, -0.05) is 12.1 Å². The van der Waals surface area contributed by atoms with Gasteiger partial charge < -0.3 is 4.74 Å². The summed E-state index contributed by atoms with van der Waals surface area (Å²) in [5.41, 5.74) is 0.868. The molecule has 0 aliphatic carbocycles. The minimum absolute atomic E-state index is 0.122. The van der Waals surface area contributed by atoms with E-state index in [1.165, 1.54) is 13.1 Å². The Bertz CT molecular complexity index is 579. The molecule has 0 unspecified atom stereocenters. The molecule has 1 aromatic heterocycles. The first-order valence-corrected chi connectivity index (χ1v) is 5.48. The minimum atomic E-state index is -0.395. The van der Waals surface area contributed by atoms with Crippen LogP contribution in [0.2, 0.25) is 0 Å². The lowest BCUT2D eigenvalue weighted by Crippen LogP contribution is -1.96. The molecule has 0 fully saturated rings. The number of hydrogen-bond acceptors (Lipinski definition) is 3. The third kappa shape index (κ3) is 2.53. The van der Waals surface area contributed by atoms with E-state index in [9.17, 15) is 9.18 Å². The van der Waals surface area contributed by atoms with E-state index in [2.05, 4.69) is 4.98 Å². The van der Waals surface area contributed by atoms with E-state index in [4.69, 9.17) is 4.74 Å². The van der Waals surface area contributed by atoms with Gasteiger partial charge in [-0.15, -0.1) is 0 Å². The maximum atomic E-state index is 13.7. The van der Waals surface area contributed by atoms with Crippen LogP contribution in [0.5, 0.6) is 11.5 Å². The highest BCUT2D eigenvalue weighted by Gasteiger charge is 2.07. The molecule has 1 heterocycles. The lowest BCUT2D eigenvalue weighted by molar-refractivity contribution is 0.101. The van der Waals surface area contributed by atoms with E-state index < -0.39 is 5.82 Å². The number of nitrogens with zero attached hydrogens (tertiary/aromatic N) is 1. The Balaban J connectivity index is 2.24. The molecule has 0 bridgehead atoms. The minimum Gasteiger partial charge on any atom is -0.453 e. The van der Waals surface area contributed by atoms with Crippen LogP contribution in [0.4, 0.5) is 4.39 Å². The molecule has 0 spiro atoms. The Morgan fingerprint density at radius 2 is 2.06 bits per heavy atom. The van der Waals surface area contributed by atoms with Crippen molar-refractivity contribution in [1.29, 1.82) is 0 Å². The van der Waals surface area contributed by atoms with E-state index in [0.29, 0.717) is 17.0 Å². The van der Waals surface area contributed by atoms with Crippen LogP contribution in [-0.4, -0.2) is 10.8 Å². The van der Waals surface area contributed by atoms with Gasteiger partial charge in [-0.2, -0.15) is 0 Å². The van der Waals surface area contributed by atoms with Crippen molar-refractivity contribution in [2.75, 3.05) is 0 Å². The number of ether oxygens (including phenoxy) is 1. The van der Waals surface area contributed by atoms with Crippen molar-refractivity contribution < 1.29 is 13.9 Å². The number of carbonyl (C=O) groups is 1. The first kappa shape index (κ1) is 12.2. The number of benzene rings is 1. The fourth-order valence-corrected chi connectivity index (χ4v) is 1.48. The molecule has 0 aliphatic rings. The normalized spacial score (nSPS) is 10.2. The van der Waals surface area contributed by atoms with Crippen molar-refractivity contribution in [2.45, 2.75) is 13.8 Å². The Morgan fingerprint density at radius 3 is 2.67 bits per heavy atom. The van der Waals surface area contributed by atoms with Crippen molar-refractivity contribution in [3.05, 3.63) is 53.6 Å². The fourth-order valence-electron chi connectivity index (χ4n) is 1.48. The lowest BCUT2D eigenvalue weighted by Gasteiger charge is -2.07. The predicted molar refractivity (Wildman–Crippen MR) is 65.5 cm³/mol. The summed E-state index contributed by atoms with van der Waals surface area (Å²) in [5.74, 6) is 0.0216. The van der Waals surface area contributed by atoms with Gasteiger partial charge in [0, 0.05) is 6.92 Å². The second-order valence-corrected chi connectivity index (χ2v) is 3.92. The quantitative estimate of drug-likeness (QED) is 0.776. The van der Waals surface area contributed by atoms with Crippen LogP contribution in [0.3, 0.4) is 0 Å². The molecule has 0 amide bonds. The SMILES string of the molecule is CC(=O)c1ccc(Oc2cccc(C)c2F)cn1. The molecule has 1 aromatic carbocycles. The zero-order valence-electron chi connectivity index (χ0n) is 10.1. The molecule has 3 nitrogen and oxygen atoms in total. The molecule has 0 aliphatic heterocycles. The first-order valence-electron chi connectivity index (χ1n) is 5.48. The molecule has 0 radical (unpaired) electrons. The average Bonchev–Trinajstić information content (AvgIpc) is 2.36. The highest BCUT2D eigenvalue weighted by Crippen LogP contribution is 2.25. The van der Waals surface area contributed by atoms with Crippen molar-refractivity contribution in [2.24, 2.45) is 0 Å². The predicted octanol–water partition coefficient (Wildman–Crippen LogP) is 3.52. The topological polar surface area (TPSA) is 39.2 Å². The lowest BCUT2D eigenvalue weighted by atomic mass is 10.2. The molecule has 0 saturated heterocycles. The van der Waals surface area contributed by atoms with E-state index in [1.807, 2.05) is 0 Å². The summed E-state index contributed by atoms with van der Waals surface area (Å²) in [6, 6.07) is 8.06. The van der Waals surface area contributed by atoms with Gasteiger partial charge in [-0.05, 0) is 30.7 Å². The number of ketones is 1. The van der Waals surface area contributed by atoms with Crippen LogP contribution in [0.25, 0.3) is 0 Å². The second-order valence-electron chi connectivity index (χ2n) is 3.92. The smallest absolute Gasteiger partial charge is 0.178 e. The largest absolute Gasteiger partial charge is 0.453 e. The molecule has 0 saturated carbocycles. The monoisotopic (exact) mass is 245 g/mol. The Kier molecular flexibility index (Phi) is 3.37. The zero-order chi connectivity index (χ0) is 13.1. The molecule has 0 atom stereocenters. The standard InChI is InChI=1S/C14H12FNO2/c1-9-4-3-5-13(14(9)15)18-11-6-7-12(10(2)17)16-8-11/h3-8H,1-2H3. The summed E-state index contributed by atoms with van der Waals surface area (Å²) in [4.78, 5) is 15.0. The van der Waals surface area contributed by atoms with Crippen LogP contribution >= 0.6 is 0 Å². The number of pyridine rings is 1. The van der Waals surface area contributed by atoms with Gasteiger partial charge in [0.05, 0.1) is 6.20 Å². The average molecular weight is 245 g/mol. The third-order valence-electron chi connectivity index (χ3n) is 2.48. The number of aromatic nitrogens is 1. The van der Waals surface area contributed by atoms with Crippen LogP contribution in [0, 0.1) is 12.7 Å². The van der Waals surface area contributed by atoms with E-state index >= 15 is 0 Å². The third-order valence-corrected chi connectivity index (χ3v) is 2.48. The molecule has 0 N–H and O–H groups in total. The maximum absolute atomic E-state index is 13.7. The Hall–Kier alpha value is -2.23. The fraction of sp³-hybridized carbons (Fsp3) is 0.143. The van der Waals surface area contributed by atoms with Crippen LogP contribution in [-0.2, 0) is 0 Å². The van der Waals surface area contributed by atoms with Gasteiger partial charge >= 0.3 is 0 Å². The number of carbonyl (C=O) groups excluding carboxylic acids is 1. The summed E-state index contributed by atoms with van der Waals surface area (Å²) in [5, 5.41) is 0. The van der Waals surface area contributed by atoms with Gasteiger partial charge in [-0.3, -0.25) is 4.79 Å². The summed E-state index contributed by atoms with van der Waals surface area (Å²) in [6.45, 7) is 3.10. The number of aryl methyl sites for hydroxylation is 1. The van der Waals surface area contributed by atoms with Crippen molar-refractivity contribution in [1.82, 2.24) is 4.98 Å². The Morgan fingerprint density at radius 1 is 1.28 bits per heavy atom. The molecule has 4 heteroatoms. The number of hydrogen-bond donors (Lipinski definition) is 0. The molecule has 2 aromatic rings. The molecular formula is C14H12FNO2. The second kappa shape index (κ2) is 4.96. The number of rotatable bonds is 3.